The van der Waals surface area contributed by atoms with Crippen molar-refractivity contribution in [2.75, 3.05) is 13.1 Å². The van der Waals surface area contributed by atoms with Gasteiger partial charge in [-0.15, -0.1) is 11.3 Å². The Labute approximate surface area is 112 Å². The number of thiazole rings is 1. The summed E-state index contributed by atoms with van der Waals surface area (Å²) in [5, 5.41) is 0.936. The Hall–Kier alpha value is -0.940. The molecule has 1 fully saturated rings. The number of piperidine rings is 1. The molecule has 1 saturated heterocycles. The van der Waals surface area contributed by atoms with Gasteiger partial charge in [-0.05, 0) is 25.7 Å². The first kappa shape index (κ1) is 13.5. The number of amides is 1. The van der Waals surface area contributed by atoms with Crippen molar-refractivity contribution in [3.63, 3.8) is 0 Å². The lowest BCUT2D eigenvalue weighted by atomic mass is 9.89. The molecule has 1 aromatic rings. The minimum Gasteiger partial charge on any atom is -0.334 e. The van der Waals surface area contributed by atoms with Crippen molar-refractivity contribution in [3.05, 3.63) is 16.1 Å². The fraction of sp³-hybridized carbons (Fsp3) is 0.692. The first-order valence-corrected chi connectivity index (χ1v) is 7.40. The summed E-state index contributed by atoms with van der Waals surface area (Å²) in [7, 11) is 0. The molecule has 1 aromatic heterocycles. The highest BCUT2D eigenvalue weighted by molar-refractivity contribution is 7.13. The number of aromatic nitrogens is 1. The zero-order chi connectivity index (χ0) is 13.1. The quantitative estimate of drug-likeness (QED) is 0.911. The van der Waals surface area contributed by atoms with Crippen molar-refractivity contribution >= 4 is 17.2 Å². The number of nitrogens with zero attached hydrogens (tertiary/aromatic N) is 2. The second-order valence-electron chi connectivity index (χ2n) is 4.93. The maximum absolute atomic E-state index is 12.4. The second-order valence-corrected chi connectivity index (χ2v) is 6.17. The van der Waals surface area contributed by atoms with Gasteiger partial charge >= 0.3 is 0 Å². The Morgan fingerprint density at radius 2 is 2.44 bits per heavy atom. The number of hydrogen-bond donors (Lipinski definition) is 1. The fourth-order valence-corrected chi connectivity index (χ4v) is 3.33. The summed E-state index contributed by atoms with van der Waals surface area (Å²) < 4.78 is 0. The van der Waals surface area contributed by atoms with Crippen LogP contribution in [0.25, 0.3) is 0 Å². The molecule has 5 heteroatoms. The molecule has 0 radical (unpaired) electrons. The molecule has 1 aliphatic heterocycles. The Kier molecular flexibility index (Phi) is 4.35. The van der Waals surface area contributed by atoms with Crippen LogP contribution in [0.1, 0.15) is 40.9 Å². The molecule has 0 saturated carbocycles. The Bertz CT molecular complexity index is 418. The van der Waals surface area contributed by atoms with Gasteiger partial charge in [0.15, 0.2) is 0 Å². The zero-order valence-corrected chi connectivity index (χ0v) is 11.9. The van der Waals surface area contributed by atoms with Crippen molar-refractivity contribution in [3.8, 4) is 0 Å². The first-order valence-electron chi connectivity index (χ1n) is 6.59. The Balaban J connectivity index is 2.10. The Morgan fingerprint density at radius 1 is 1.67 bits per heavy atom. The van der Waals surface area contributed by atoms with Crippen molar-refractivity contribution in [1.29, 1.82) is 0 Å². The van der Waals surface area contributed by atoms with Crippen molar-refractivity contribution in [1.82, 2.24) is 9.88 Å². The summed E-state index contributed by atoms with van der Waals surface area (Å²) in [5.41, 5.74) is 5.83. The van der Waals surface area contributed by atoms with Crippen molar-refractivity contribution in [2.45, 2.75) is 39.2 Å². The van der Waals surface area contributed by atoms with Crippen LogP contribution < -0.4 is 5.73 Å². The molecule has 1 amide bonds. The number of rotatable bonds is 3. The summed E-state index contributed by atoms with van der Waals surface area (Å²) >= 11 is 1.47. The van der Waals surface area contributed by atoms with E-state index in [0.717, 1.165) is 29.3 Å². The normalized spacial score (nSPS) is 24.3. The van der Waals surface area contributed by atoms with E-state index in [1.54, 1.807) is 6.20 Å². The molecule has 100 valence electrons. The molecular weight excluding hydrogens is 246 g/mol. The summed E-state index contributed by atoms with van der Waals surface area (Å²) in [6, 6.07) is 0.193. The van der Waals surface area contributed by atoms with Gasteiger partial charge in [-0.3, -0.25) is 4.79 Å². The number of carbonyl (C=O) groups excluding carboxylic acids is 1. The van der Waals surface area contributed by atoms with Gasteiger partial charge in [-0.25, -0.2) is 4.98 Å². The molecule has 2 N–H and O–H groups in total. The number of likely N-dealkylation sites (tertiary alicyclic amines) is 1. The topological polar surface area (TPSA) is 59.2 Å². The molecule has 4 nitrogen and oxygen atoms in total. The van der Waals surface area contributed by atoms with E-state index in [1.165, 1.54) is 17.8 Å². The molecule has 2 unspecified atom stereocenters. The van der Waals surface area contributed by atoms with E-state index < -0.39 is 0 Å². The van der Waals surface area contributed by atoms with Crippen LogP contribution in [0.2, 0.25) is 0 Å². The van der Waals surface area contributed by atoms with Gasteiger partial charge in [0.1, 0.15) is 4.88 Å². The van der Waals surface area contributed by atoms with Crippen LogP contribution in [-0.4, -0.2) is 34.9 Å². The van der Waals surface area contributed by atoms with Crippen LogP contribution in [0.15, 0.2) is 6.20 Å². The minimum absolute atomic E-state index is 0.102. The lowest BCUT2D eigenvalue weighted by Crippen LogP contribution is -2.49. The third kappa shape index (κ3) is 2.72. The van der Waals surface area contributed by atoms with Crippen LogP contribution in [-0.2, 0) is 0 Å². The predicted molar refractivity (Wildman–Crippen MR) is 73.7 cm³/mol. The van der Waals surface area contributed by atoms with E-state index in [0.29, 0.717) is 12.5 Å². The van der Waals surface area contributed by atoms with Gasteiger partial charge in [-0.2, -0.15) is 0 Å². The minimum atomic E-state index is 0.102. The monoisotopic (exact) mass is 267 g/mol. The molecule has 18 heavy (non-hydrogen) atoms. The van der Waals surface area contributed by atoms with E-state index in [2.05, 4.69) is 11.9 Å². The highest BCUT2D eigenvalue weighted by Crippen LogP contribution is 2.27. The average Bonchev–Trinajstić information content (AvgIpc) is 2.83. The number of aryl methyl sites for hydroxylation is 1. The maximum atomic E-state index is 12.4. The molecular formula is C13H21N3OS. The van der Waals surface area contributed by atoms with Crippen LogP contribution >= 0.6 is 11.3 Å². The molecule has 0 spiro atoms. The summed E-state index contributed by atoms with van der Waals surface area (Å²) in [6.45, 7) is 5.52. The van der Waals surface area contributed by atoms with Gasteiger partial charge < -0.3 is 10.6 Å². The molecule has 2 heterocycles. The maximum Gasteiger partial charge on any atom is 0.265 e. The third-order valence-electron chi connectivity index (χ3n) is 3.77. The van der Waals surface area contributed by atoms with Gasteiger partial charge in [0.05, 0.1) is 11.2 Å². The molecule has 2 rings (SSSR count). The largest absolute Gasteiger partial charge is 0.334 e. The fourth-order valence-electron chi connectivity index (χ4n) is 2.60. The third-order valence-corrected chi connectivity index (χ3v) is 4.67. The van der Waals surface area contributed by atoms with Crippen molar-refractivity contribution in [2.24, 2.45) is 11.7 Å². The molecule has 1 aliphatic rings. The van der Waals surface area contributed by atoms with Crippen LogP contribution in [0, 0.1) is 12.8 Å². The van der Waals surface area contributed by atoms with Crippen LogP contribution in [0.4, 0.5) is 0 Å². The van der Waals surface area contributed by atoms with Gasteiger partial charge in [0.2, 0.25) is 0 Å². The highest BCUT2D eigenvalue weighted by atomic mass is 32.1. The second kappa shape index (κ2) is 5.80. The SMILES string of the molecule is CCC1CCN(C(=O)c2cnc(C)s2)C(CN)C1. The lowest BCUT2D eigenvalue weighted by molar-refractivity contribution is 0.0563. The average molecular weight is 267 g/mol. The van der Waals surface area contributed by atoms with Crippen molar-refractivity contribution < 1.29 is 4.79 Å². The van der Waals surface area contributed by atoms with Crippen LogP contribution in [0.5, 0.6) is 0 Å². The smallest absolute Gasteiger partial charge is 0.265 e. The Morgan fingerprint density at radius 3 is 3.00 bits per heavy atom. The predicted octanol–water partition coefficient (Wildman–Crippen LogP) is 2.04. The van der Waals surface area contributed by atoms with Crippen LogP contribution in [0.3, 0.4) is 0 Å². The molecule has 0 bridgehead atoms. The number of nitrogens with two attached hydrogens (primary N) is 1. The van der Waals surface area contributed by atoms with Gasteiger partial charge in [0, 0.05) is 19.1 Å². The summed E-state index contributed by atoms with van der Waals surface area (Å²) in [6.07, 6.45) is 4.99. The van der Waals surface area contributed by atoms with E-state index in [-0.39, 0.29) is 11.9 Å². The van der Waals surface area contributed by atoms with E-state index in [9.17, 15) is 4.79 Å². The summed E-state index contributed by atoms with van der Waals surface area (Å²) in [5.74, 6) is 0.816. The number of hydrogen-bond acceptors (Lipinski definition) is 4. The number of carbonyl (C=O) groups is 1. The first-order chi connectivity index (χ1) is 8.65. The zero-order valence-electron chi connectivity index (χ0n) is 11.1. The highest BCUT2D eigenvalue weighted by Gasteiger charge is 2.31. The van der Waals surface area contributed by atoms with E-state index in [4.69, 9.17) is 5.73 Å². The van der Waals surface area contributed by atoms with E-state index >= 15 is 0 Å². The lowest BCUT2D eigenvalue weighted by Gasteiger charge is -2.38. The molecule has 0 aliphatic carbocycles. The molecule has 2 atom stereocenters. The van der Waals surface area contributed by atoms with E-state index in [1.807, 2.05) is 11.8 Å². The van der Waals surface area contributed by atoms with Gasteiger partial charge in [0.25, 0.3) is 5.91 Å². The van der Waals surface area contributed by atoms with Gasteiger partial charge in [-0.1, -0.05) is 13.3 Å². The summed E-state index contributed by atoms with van der Waals surface area (Å²) in [4.78, 5) is 19.3. The standard InChI is InChI=1S/C13H21N3OS/c1-3-10-4-5-16(11(6-10)7-14)13(17)12-8-15-9(2)18-12/h8,10-11H,3-7,14H2,1-2H3. The molecule has 0 aromatic carbocycles.